The van der Waals surface area contributed by atoms with Crippen molar-refractivity contribution in [1.29, 1.82) is 0 Å². The number of nitrogens with two attached hydrogens (primary N) is 1. The Morgan fingerprint density at radius 3 is 2.83 bits per heavy atom. The molecule has 1 aromatic heterocycles. The monoisotopic (exact) mass is 265 g/mol. The molecule has 0 saturated heterocycles. The van der Waals surface area contributed by atoms with E-state index >= 15 is 0 Å². The molecule has 3 rings (SSSR count). The molecule has 2 atom stereocenters. The first-order valence-electron chi connectivity index (χ1n) is 6.16. The van der Waals surface area contributed by atoms with Gasteiger partial charge in [0.15, 0.2) is 0 Å². The highest BCUT2D eigenvalue weighted by Crippen LogP contribution is 2.39. The van der Waals surface area contributed by atoms with E-state index in [0.29, 0.717) is 10.9 Å². The summed E-state index contributed by atoms with van der Waals surface area (Å²) in [5.41, 5.74) is 7.06. The molecule has 1 aliphatic carbocycles. The van der Waals surface area contributed by atoms with Gasteiger partial charge in [-0.3, -0.25) is 0 Å². The molecule has 1 saturated carbocycles. The normalized spacial score (nSPS) is 19.1. The zero-order chi connectivity index (χ0) is 12.7. The number of rotatable bonds is 4. The predicted molar refractivity (Wildman–Crippen MR) is 71.7 cm³/mol. The minimum Gasteiger partial charge on any atom is -0.459 e. The van der Waals surface area contributed by atoms with E-state index in [4.69, 9.17) is 26.5 Å². The van der Waals surface area contributed by atoms with Gasteiger partial charge >= 0.3 is 0 Å². The number of halogens is 1. The van der Waals surface area contributed by atoms with Crippen LogP contribution in [0.2, 0.25) is 5.02 Å². The van der Waals surface area contributed by atoms with Crippen LogP contribution in [0.25, 0.3) is 11.0 Å². The van der Waals surface area contributed by atoms with Crippen LogP contribution >= 0.6 is 11.6 Å². The summed E-state index contributed by atoms with van der Waals surface area (Å²) >= 11 is 5.96. The van der Waals surface area contributed by atoms with E-state index in [1.54, 1.807) is 7.11 Å². The molecule has 0 spiro atoms. The fourth-order valence-electron chi connectivity index (χ4n) is 2.42. The molecule has 0 bridgehead atoms. The van der Waals surface area contributed by atoms with E-state index in [1.807, 2.05) is 24.3 Å². The van der Waals surface area contributed by atoms with Gasteiger partial charge in [-0.1, -0.05) is 11.6 Å². The van der Waals surface area contributed by atoms with Crippen LogP contribution in [-0.2, 0) is 4.74 Å². The fourth-order valence-corrected chi connectivity index (χ4v) is 2.60. The average Bonchev–Trinajstić information content (AvgIpc) is 3.08. The maximum atomic E-state index is 6.24. The molecule has 3 nitrogen and oxygen atoms in total. The molecule has 1 aliphatic rings. The van der Waals surface area contributed by atoms with Crippen molar-refractivity contribution in [3.63, 3.8) is 0 Å². The number of ether oxygens (including phenoxy) is 1. The number of hydrogen-bond acceptors (Lipinski definition) is 3. The standard InChI is InChI=1S/C14H16ClNO2/c1-17-14(8-2-3-8)13(16)12-7-9-6-10(15)4-5-11(9)18-12/h4-8,13-14H,2-3,16H2,1H3. The van der Waals surface area contributed by atoms with E-state index in [9.17, 15) is 0 Å². The van der Waals surface area contributed by atoms with Crippen LogP contribution in [0.3, 0.4) is 0 Å². The van der Waals surface area contributed by atoms with E-state index in [0.717, 1.165) is 16.7 Å². The summed E-state index contributed by atoms with van der Waals surface area (Å²) in [6.45, 7) is 0. The van der Waals surface area contributed by atoms with Crippen molar-refractivity contribution in [3.05, 3.63) is 35.0 Å². The molecule has 18 heavy (non-hydrogen) atoms. The number of fused-ring (bicyclic) bond motifs is 1. The maximum Gasteiger partial charge on any atom is 0.134 e. The maximum absolute atomic E-state index is 6.24. The highest BCUT2D eigenvalue weighted by Gasteiger charge is 2.37. The first-order valence-corrected chi connectivity index (χ1v) is 6.54. The lowest BCUT2D eigenvalue weighted by Crippen LogP contribution is -2.29. The van der Waals surface area contributed by atoms with Gasteiger partial charge in [-0.2, -0.15) is 0 Å². The summed E-state index contributed by atoms with van der Waals surface area (Å²) in [6, 6.07) is 7.31. The first kappa shape index (κ1) is 12.0. The zero-order valence-electron chi connectivity index (χ0n) is 10.2. The van der Waals surface area contributed by atoms with Gasteiger partial charge in [0.05, 0.1) is 12.1 Å². The van der Waals surface area contributed by atoms with Gasteiger partial charge in [-0.15, -0.1) is 0 Å². The smallest absolute Gasteiger partial charge is 0.134 e. The summed E-state index contributed by atoms with van der Waals surface area (Å²) in [7, 11) is 1.71. The minimum absolute atomic E-state index is 0.0426. The van der Waals surface area contributed by atoms with Gasteiger partial charge in [0, 0.05) is 17.5 Å². The van der Waals surface area contributed by atoms with Crippen LogP contribution in [-0.4, -0.2) is 13.2 Å². The number of benzene rings is 1. The Labute approximate surface area is 111 Å². The third-order valence-electron chi connectivity index (χ3n) is 3.54. The van der Waals surface area contributed by atoms with Crippen molar-refractivity contribution in [2.24, 2.45) is 11.7 Å². The van der Waals surface area contributed by atoms with Gasteiger partial charge in [-0.05, 0) is 43.0 Å². The largest absolute Gasteiger partial charge is 0.459 e. The summed E-state index contributed by atoms with van der Waals surface area (Å²) < 4.78 is 11.3. The third kappa shape index (κ3) is 2.14. The Morgan fingerprint density at radius 1 is 1.39 bits per heavy atom. The van der Waals surface area contributed by atoms with E-state index in [1.165, 1.54) is 12.8 Å². The number of methoxy groups -OCH3 is 1. The fraction of sp³-hybridized carbons (Fsp3) is 0.429. The van der Waals surface area contributed by atoms with E-state index in [2.05, 4.69) is 0 Å². The summed E-state index contributed by atoms with van der Waals surface area (Å²) in [5.74, 6) is 1.34. The number of hydrogen-bond donors (Lipinski definition) is 1. The van der Waals surface area contributed by atoms with Gasteiger partial charge < -0.3 is 14.9 Å². The van der Waals surface area contributed by atoms with Crippen molar-refractivity contribution < 1.29 is 9.15 Å². The molecule has 2 aromatic rings. The predicted octanol–water partition coefficient (Wildman–Crippen LogP) is 3.51. The zero-order valence-corrected chi connectivity index (χ0v) is 11.0. The molecule has 96 valence electrons. The Hall–Kier alpha value is -1.03. The Balaban J connectivity index is 1.92. The third-order valence-corrected chi connectivity index (χ3v) is 3.77. The summed E-state index contributed by atoms with van der Waals surface area (Å²) in [4.78, 5) is 0. The van der Waals surface area contributed by atoms with Crippen molar-refractivity contribution in [2.45, 2.75) is 25.0 Å². The molecule has 1 heterocycles. The molecule has 2 unspecified atom stereocenters. The lowest BCUT2D eigenvalue weighted by atomic mass is 10.0. The molecular formula is C14H16ClNO2. The van der Waals surface area contributed by atoms with E-state index < -0.39 is 0 Å². The van der Waals surface area contributed by atoms with Crippen LogP contribution in [0.5, 0.6) is 0 Å². The van der Waals surface area contributed by atoms with E-state index in [-0.39, 0.29) is 12.1 Å². The van der Waals surface area contributed by atoms with Crippen molar-refractivity contribution >= 4 is 22.6 Å². The molecule has 4 heteroatoms. The van der Waals surface area contributed by atoms with Gasteiger partial charge in [-0.25, -0.2) is 0 Å². The van der Waals surface area contributed by atoms with Gasteiger partial charge in [0.1, 0.15) is 11.3 Å². The molecule has 0 aliphatic heterocycles. The highest BCUT2D eigenvalue weighted by molar-refractivity contribution is 6.31. The lowest BCUT2D eigenvalue weighted by Gasteiger charge is -2.20. The van der Waals surface area contributed by atoms with Gasteiger partial charge in [0.25, 0.3) is 0 Å². The first-order chi connectivity index (χ1) is 8.69. The van der Waals surface area contributed by atoms with Gasteiger partial charge in [0.2, 0.25) is 0 Å². The SMILES string of the molecule is COC(C1CC1)C(N)c1cc2cc(Cl)ccc2o1. The van der Waals surface area contributed by atoms with Crippen LogP contribution in [0, 0.1) is 5.92 Å². The van der Waals surface area contributed by atoms with Crippen molar-refractivity contribution in [2.75, 3.05) is 7.11 Å². The molecule has 1 fully saturated rings. The molecule has 0 radical (unpaired) electrons. The summed E-state index contributed by atoms with van der Waals surface area (Å²) in [6.07, 6.45) is 2.43. The Morgan fingerprint density at radius 2 is 2.17 bits per heavy atom. The van der Waals surface area contributed by atoms with Crippen LogP contribution in [0.1, 0.15) is 24.6 Å². The second-order valence-corrected chi connectivity index (χ2v) is 5.33. The molecule has 2 N–H and O–H groups in total. The highest BCUT2D eigenvalue weighted by atomic mass is 35.5. The second kappa shape index (κ2) is 4.57. The minimum atomic E-state index is -0.214. The van der Waals surface area contributed by atoms with Crippen LogP contribution in [0.4, 0.5) is 0 Å². The average molecular weight is 266 g/mol. The van der Waals surface area contributed by atoms with Crippen molar-refractivity contribution in [3.8, 4) is 0 Å². The Bertz CT molecular complexity index is 562. The lowest BCUT2D eigenvalue weighted by molar-refractivity contribution is 0.0568. The second-order valence-electron chi connectivity index (χ2n) is 4.89. The van der Waals surface area contributed by atoms with Crippen LogP contribution < -0.4 is 5.73 Å². The van der Waals surface area contributed by atoms with Crippen molar-refractivity contribution in [1.82, 2.24) is 0 Å². The topological polar surface area (TPSA) is 48.4 Å². The molecule has 0 amide bonds. The molecular weight excluding hydrogens is 250 g/mol. The van der Waals surface area contributed by atoms with Crippen LogP contribution in [0.15, 0.2) is 28.7 Å². The number of furan rings is 1. The molecule has 1 aromatic carbocycles. The quantitative estimate of drug-likeness (QED) is 0.920. The Kier molecular flexibility index (Phi) is 3.06. The summed E-state index contributed by atoms with van der Waals surface area (Å²) in [5, 5.41) is 1.69.